The molecule has 2 N–H and O–H groups in total. The molecule has 164 valence electrons. The van der Waals surface area contributed by atoms with E-state index in [1.807, 2.05) is 32.0 Å². The van der Waals surface area contributed by atoms with E-state index >= 15 is 0 Å². The third kappa shape index (κ3) is 5.02. The Morgan fingerprint density at radius 3 is 2.94 bits per heavy atom. The van der Waals surface area contributed by atoms with Crippen LogP contribution in [-0.4, -0.2) is 68.1 Å². The second-order valence-electron chi connectivity index (χ2n) is 8.72. The van der Waals surface area contributed by atoms with Gasteiger partial charge in [-0.3, -0.25) is 4.79 Å². The number of carbonyl (C=O) groups is 1. The zero-order valence-electron chi connectivity index (χ0n) is 18.4. The zero-order chi connectivity index (χ0) is 22.0. The highest BCUT2D eigenvalue weighted by Crippen LogP contribution is 2.26. The number of amides is 1. The first-order chi connectivity index (χ1) is 14.8. The van der Waals surface area contributed by atoms with Crippen LogP contribution in [0.2, 0.25) is 0 Å². The van der Waals surface area contributed by atoms with Gasteiger partial charge in [0.25, 0.3) is 0 Å². The number of aromatic amines is 1. The summed E-state index contributed by atoms with van der Waals surface area (Å²) in [4.78, 5) is 32.8. The van der Waals surface area contributed by atoms with Gasteiger partial charge in [-0.1, -0.05) is 6.07 Å². The van der Waals surface area contributed by atoms with Crippen LogP contribution >= 0.6 is 0 Å². The van der Waals surface area contributed by atoms with Gasteiger partial charge in [-0.15, -0.1) is 0 Å². The normalized spacial score (nSPS) is 19.0. The number of hydrogen-bond donors (Lipinski definition) is 2. The summed E-state index contributed by atoms with van der Waals surface area (Å²) in [6.45, 7) is 5.55. The summed E-state index contributed by atoms with van der Waals surface area (Å²) in [5, 5.41) is 11.2. The molecule has 8 heteroatoms. The maximum absolute atomic E-state index is 12.7. The highest BCUT2D eigenvalue weighted by atomic mass is 16.3. The number of nitrogens with zero attached hydrogens (tertiary/aromatic N) is 5. The fourth-order valence-electron chi connectivity index (χ4n) is 4.29. The topological polar surface area (TPSA) is 98.2 Å². The van der Waals surface area contributed by atoms with Crippen LogP contribution < -0.4 is 4.90 Å². The Labute approximate surface area is 182 Å². The summed E-state index contributed by atoms with van der Waals surface area (Å²) in [5.74, 6) is 1.63. The van der Waals surface area contributed by atoms with E-state index in [1.54, 1.807) is 18.3 Å². The van der Waals surface area contributed by atoms with Crippen molar-refractivity contribution in [3.05, 3.63) is 47.7 Å². The van der Waals surface area contributed by atoms with Crippen molar-refractivity contribution >= 4 is 22.8 Å². The van der Waals surface area contributed by atoms with E-state index in [9.17, 15) is 9.90 Å². The van der Waals surface area contributed by atoms with Crippen LogP contribution in [0.5, 0.6) is 0 Å². The van der Waals surface area contributed by atoms with Gasteiger partial charge in [0.05, 0.1) is 23.2 Å². The monoisotopic (exact) mass is 422 g/mol. The van der Waals surface area contributed by atoms with E-state index < -0.39 is 5.60 Å². The lowest BCUT2D eigenvalue weighted by molar-refractivity contribution is -0.133. The quantitative estimate of drug-likeness (QED) is 0.633. The molecule has 31 heavy (non-hydrogen) atoms. The maximum atomic E-state index is 12.7. The first-order valence-electron chi connectivity index (χ1n) is 10.8. The molecule has 8 nitrogen and oxygen atoms in total. The van der Waals surface area contributed by atoms with E-state index in [-0.39, 0.29) is 5.91 Å². The molecule has 1 aliphatic rings. The van der Waals surface area contributed by atoms with Crippen molar-refractivity contribution in [3.63, 3.8) is 0 Å². The van der Waals surface area contributed by atoms with Gasteiger partial charge in [-0.25, -0.2) is 15.0 Å². The third-order valence-electron chi connectivity index (χ3n) is 5.89. The lowest BCUT2D eigenvalue weighted by atomic mass is 9.92. The summed E-state index contributed by atoms with van der Waals surface area (Å²) < 4.78 is 0. The summed E-state index contributed by atoms with van der Waals surface area (Å²) in [5.41, 5.74) is 3.01. The summed E-state index contributed by atoms with van der Waals surface area (Å²) >= 11 is 0. The zero-order valence-corrected chi connectivity index (χ0v) is 18.4. The molecule has 0 saturated carbocycles. The first-order valence-corrected chi connectivity index (χ1v) is 10.8. The Hall–Kier alpha value is -3.00. The number of imidazole rings is 1. The number of H-pyrrole nitrogens is 1. The molecule has 0 bridgehead atoms. The molecule has 3 aromatic rings. The number of β-amino-alcohol motifs (C(OH)–C–C–N with tert-alkyl or cyclic N) is 1. The van der Waals surface area contributed by atoms with E-state index in [0.29, 0.717) is 32.4 Å². The smallest absolute Gasteiger partial charge is 0.222 e. The number of fused-ring (bicyclic) bond motifs is 1. The lowest BCUT2D eigenvalue weighted by Crippen LogP contribution is -2.55. The largest absolute Gasteiger partial charge is 0.386 e. The Kier molecular flexibility index (Phi) is 5.91. The van der Waals surface area contributed by atoms with E-state index in [4.69, 9.17) is 0 Å². The molecule has 1 saturated heterocycles. The highest BCUT2D eigenvalue weighted by molar-refractivity contribution is 5.77. The molecule has 1 atom stereocenters. The van der Waals surface area contributed by atoms with Crippen molar-refractivity contribution < 1.29 is 9.90 Å². The predicted molar refractivity (Wildman–Crippen MR) is 120 cm³/mol. The number of aryl methyl sites for hydroxylation is 3. The van der Waals surface area contributed by atoms with Gasteiger partial charge in [0.15, 0.2) is 0 Å². The van der Waals surface area contributed by atoms with Crippen LogP contribution in [0, 0.1) is 13.8 Å². The Morgan fingerprint density at radius 1 is 1.29 bits per heavy atom. The van der Waals surface area contributed by atoms with Crippen molar-refractivity contribution in [1.82, 2.24) is 24.8 Å². The molecule has 1 aromatic carbocycles. The number of carbonyl (C=O) groups excluding carboxylic acids is 1. The molecule has 1 aliphatic heterocycles. The highest BCUT2D eigenvalue weighted by Gasteiger charge is 2.36. The number of nitrogens with one attached hydrogen (secondary N) is 1. The van der Waals surface area contributed by atoms with E-state index in [1.165, 1.54) is 5.56 Å². The van der Waals surface area contributed by atoms with E-state index in [0.717, 1.165) is 41.3 Å². The Morgan fingerprint density at radius 2 is 2.13 bits per heavy atom. The summed E-state index contributed by atoms with van der Waals surface area (Å²) in [7, 11) is 1.76. The average molecular weight is 423 g/mol. The number of aromatic nitrogens is 4. The molecule has 4 rings (SSSR count). The van der Waals surface area contributed by atoms with Crippen LogP contribution in [0.1, 0.15) is 36.3 Å². The molecule has 0 unspecified atom stereocenters. The van der Waals surface area contributed by atoms with Crippen molar-refractivity contribution in [2.24, 2.45) is 0 Å². The lowest BCUT2D eigenvalue weighted by Gasteiger charge is -2.41. The minimum atomic E-state index is -0.960. The maximum Gasteiger partial charge on any atom is 0.222 e. The fourth-order valence-corrected chi connectivity index (χ4v) is 4.29. The van der Waals surface area contributed by atoms with Gasteiger partial charge < -0.3 is 19.9 Å². The third-order valence-corrected chi connectivity index (χ3v) is 5.89. The number of benzene rings is 1. The molecule has 0 radical (unpaired) electrons. The van der Waals surface area contributed by atoms with Gasteiger partial charge in [0.1, 0.15) is 18.0 Å². The van der Waals surface area contributed by atoms with Crippen LogP contribution in [0.4, 0.5) is 5.82 Å². The fraction of sp³-hybridized carbons (Fsp3) is 0.478. The molecular formula is C23H30N6O2. The van der Waals surface area contributed by atoms with Crippen LogP contribution in [-0.2, 0) is 11.2 Å². The molecule has 2 aromatic heterocycles. The SMILES string of the molecule is Cc1ccc2nc(CCC(=O)N(C)C[C@@]3(O)CCCN(c4cc(C)ncn4)C3)[nH]c2c1. The van der Waals surface area contributed by atoms with Crippen molar-refractivity contribution in [2.75, 3.05) is 31.6 Å². The number of aliphatic hydroxyl groups is 1. The summed E-state index contributed by atoms with van der Waals surface area (Å²) in [6.07, 6.45) is 3.95. The number of likely N-dealkylation sites (N-methyl/N-ethyl adjacent to an activating group) is 1. The van der Waals surface area contributed by atoms with E-state index in [2.05, 4.69) is 30.9 Å². The minimum Gasteiger partial charge on any atom is -0.386 e. The Balaban J connectivity index is 1.34. The molecule has 1 fully saturated rings. The molecule has 0 aliphatic carbocycles. The second kappa shape index (κ2) is 8.63. The van der Waals surface area contributed by atoms with Crippen molar-refractivity contribution in [3.8, 4) is 0 Å². The van der Waals surface area contributed by atoms with Gasteiger partial charge >= 0.3 is 0 Å². The van der Waals surface area contributed by atoms with Gasteiger partial charge in [-0.05, 0) is 44.4 Å². The molecule has 0 spiro atoms. The molecule has 3 heterocycles. The predicted octanol–water partition coefficient (Wildman–Crippen LogP) is 2.39. The minimum absolute atomic E-state index is 0.0000608. The second-order valence-corrected chi connectivity index (χ2v) is 8.72. The summed E-state index contributed by atoms with van der Waals surface area (Å²) in [6, 6.07) is 8.00. The number of piperidine rings is 1. The average Bonchev–Trinajstić information content (AvgIpc) is 3.13. The van der Waals surface area contributed by atoms with Gasteiger partial charge in [0, 0.05) is 44.7 Å². The first kappa shape index (κ1) is 21.2. The van der Waals surface area contributed by atoms with Crippen LogP contribution in [0.25, 0.3) is 11.0 Å². The van der Waals surface area contributed by atoms with Gasteiger partial charge in [-0.2, -0.15) is 0 Å². The molecular weight excluding hydrogens is 392 g/mol. The Bertz CT molecular complexity index is 1080. The number of anilines is 1. The molecule has 1 amide bonds. The number of hydrogen-bond acceptors (Lipinski definition) is 6. The van der Waals surface area contributed by atoms with Gasteiger partial charge in [0.2, 0.25) is 5.91 Å². The van der Waals surface area contributed by atoms with Crippen molar-refractivity contribution in [2.45, 2.75) is 45.1 Å². The number of rotatable bonds is 6. The van der Waals surface area contributed by atoms with Crippen LogP contribution in [0.15, 0.2) is 30.6 Å². The van der Waals surface area contributed by atoms with Crippen LogP contribution in [0.3, 0.4) is 0 Å². The standard InChI is InChI=1S/C23H30N6O2/c1-16-5-6-18-19(11-16)27-20(26-18)7-8-22(30)28(3)13-23(31)9-4-10-29(14-23)21-12-17(2)24-15-25-21/h5-6,11-12,15,31H,4,7-10,13-14H2,1-3H3,(H,26,27)/t23-/m0/s1. The van der Waals surface area contributed by atoms with Crippen molar-refractivity contribution in [1.29, 1.82) is 0 Å².